The number of benzene rings is 1. The van der Waals surface area contributed by atoms with E-state index in [1.165, 1.54) is 0 Å². The molecule has 0 radical (unpaired) electrons. The zero-order valence-corrected chi connectivity index (χ0v) is 23.1. The molecule has 1 aromatic carbocycles. The standard InChI is InChI=1S/C25H33F3N6O3S/c1-14-9-18(21-33-34-22(37-21)30-12-19-24(5,6)38(35,36)8-7-29-19)32-20-16(14)10-15(31-13-25(26,27)28)11-17(20)23(2,3)4/h9-11,19,29,31H,7-8,12-13H2,1-6H3,(H,30,34)/t19-/m1/s1. The fourth-order valence-corrected chi connectivity index (χ4v) is 5.99. The molecule has 1 saturated heterocycles. The molecular weight excluding hydrogens is 521 g/mol. The van der Waals surface area contributed by atoms with E-state index in [9.17, 15) is 21.6 Å². The zero-order valence-electron chi connectivity index (χ0n) is 22.2. The largest absolute Gasteiger partial charge is 0.405 e. The molecule has 1 atom stereocenters. The van der Waals surface area contributed by atoms with Gasteiger partial charge in [-0.15, -0.1) is 5.10 Å². The molecule has 208 valence electrons. The summed E-state index contributed by atoms with van der Waals surface area (Å²) in [6, 6.07) is 4.88. The van der Waals surface area contributed by atoms with Gasteiger partial charge in [-0.2, -0.15) is 13.2 Å². The third kappa shape index (κ3) is 5.73. The second-order valence-electron chi connectivity index (χ2n) is 11.2. The van der Waals surface area contributed by atoms with Crippen molar-refractivity contribution in [3.05, 3.63) is 29.3 Å². The molecule has 9 nitrogen and oxygen atoms in total. The number of fused-ring (bicyclic) bond motifs is 1. The molecule has 38 heavy (non-hydrogen) atoms. The molecule has 2 aromatic heterocycles. The van der Waals surface area contributed by atoms with E-state index in [0.29, 0.717) is 23.4 Å². The van der Waals surface area contributed by atoms with Gasteiger partial charge in [-0.05, 0) is 55.5 Å². The Morgan fingerprint density at radius 2 is 1.84 bits per heavy atom. The number of nitrogens with zero attached hydrogens (tertiary/aromatic N) is 3. The number of alkyl halides is 3. The first kappa shape index (κ1) is 28.1. The average Bonchev–Trinajstić information content (AvgIpc) is 3.26. The van der Waals surface area contributed by atoms with E-state index in [1.807, 2.05) is 27.7 Å². The van der Waals surface area contributed by atoms with Gasteiger partial charge in [0.2, 0.25) is 0 Å². The Hall–Kier alpha value is -2.93. The Kier molecular flexibility index (Phi) is 7.15. The van der Waals surface area contributed by atoms with Crippen molar-refractivity contribution in [2.75, 3.05) is 36.0 Å². The summed E-state index contributed by atoms with van der Waals surface area (Å²) in [6.45, 7) is 10.6. The number of aryl methyl sites for hydroxylation is 1. The van der Waals surface area contributed by atoms with Gasteiger partial charge in [0.25, 0.3) is 5.89 Å². The van der Waals surface area contributed by atoms with Crippen molar-refractivity contribution in [1.82, 2.24) is 20.5 Å². The van der Waals surface area contributed by atoms with Crippen LogP contribution in [0.4, 0.5) is 24.9 Å². The quantitative estimate of drug-likeness (QED) is 0.406. The lowest BCUT2D eigenvalue weighted by Crippen LogP contribution is -2.61. The minimum Gasteiger partial charge on any atom is -0.402 e. The van der Waals surface area contributed by atoms with E-state index in [0.717, 1.165) is 16.5 Å². The van der Waals surface area contributed by atoms with Gasteiger partial charge in [0, 0.05) is 30.2 Å². The van der Waals surface area contributed by atoms with E-state index in [1.54, 1.807) is 32.0 Å². The normalized spacial score (nSPS) is 19.4. The number of hydrogen-bond acceptors (Lipinski definition) is 9. The number of rotatable bonds is 6. The number of halogens is 3. The molecule has 13 heteroatoms. The van der Waals surface area contributed by atoms with E-state index < -0.39 is 32.7 Å². The van der Waals surface area contributed by atoms with E-state index >= 15 is 0 Å². The van der Waals surface area contributed by atoms with Crippen molar-refractivity contribution in [2.24, 2.45) is 0 Å². The first-order valence-corrected chi connectivity index (χ1v) is 13.9. The van der Waals surface area contributed by atoms with Crippen LogP contribution in [0.3, 0.4) is 0 Å². The van der Waals surface area contributed by atoms with Gasteiger partial charge in [0.15, 0.2) is 9.84 Å². The highest BCUT2D eigenvalue weighted by Gasteiger charge is 2.44. The molecule has 0 amide bonds. The minimum absolute atomic E-state index is 0.0879. The van der Waals surface area contributed by atoms with E-state index in [4.69, 9.17) is 9.40 Å². The third-order valence-corrected chi connectivity index (χ3v) is 9.55. The summed E-state index contributed by atoms with van der Waals surface area (Å²) in [5.41, 5.74) is 2.58. The summed E-state index contributed by atoms with van der Waals surface area (Å²) in [4.78, 5) is 4.76. The number of hydrogen-bond donors (Lipinski definition) is 3. The van der Waals surface area contributed by atoms with Crippen molar-refractivity contribution in [3.8, 4) is 11.6 Å². The summed E-state index contributed by atoms with van der Waals surface area (Å²) < 4.78 is 68.2. The SMILES string of the molecule is Cc1cc(-c2nnc(NC[C@H]3NCCS(=O)(=O)C3(C)C)o2)nc2c(C(C)(C)C)cc(NCC(F)(F)F)cc12. The van der Waals surface area contributed by atoms with Crippen LogP contribution in [-0.4, -0.2) is 66.0 Å². The van der Waals surface area contributed by atoms with Gasteiger partial charge < -0.3 is 20.4 Å². The molecule has 1 aliphatic rings. The molecule has 0 spiro atoms. The van der Waals surface area contributed by atoms with Crippen LogP contribution in [0.2, 0.25) is 0 Å². The Bertz CT molecular complexity index is 1450. The molecule has 1 aliphatic heterocycles. The highest BCUT2D eigenvalue weighted by molar-refractivity contribution is 7.92. The molecule has 1 fully saturated rings. The predicted octanol–water partition coefficient (Wildman–Crippen LogP) is 4.44. The summed E-state index contributed by atoms with van der Waals surface area (Å²) in [5, 5.41) is 17.6. The van der Waals surface area contributed by atoms with Crippen LogP contribution in [-0.2, 0) is 15.3 Å². The van der Waals surface area contributed by atoms with Crippen molar-refractivity contribution < 1.29 is 26.0 Å². The first-order chi connectivity index (χ1) is 17.5. The van der Waals surface area contributed by atoms with Crippen LogP contribution in [0.5, 0.6) is 0 Å². The van der Waals surface area contributed by atoms with Crippen LogP contribution in [0.25, 0.3) is 22.5 Å². The van der Waals surface area contributed by atoms with Gasteiger partial charge in [-0.1, -0.05) is 25.9 Å². The first-order valence-electron chi connectivity index (χ1n) is 12.3. The topological polar surface area (TPSA) is 122 Å². The highest BCUT2D eigenvalue weighted by atomic mass is 32.2. The van der Waals surface area contributed by atoms with Crippen LogP contribution in [0.15, 0.2) is 22.6 Å². The number of anilines is 2. The maximum absolute atomic E-state index is 12.8. The Morgan fingerprint density at radius 1 is 1.13 bits per heavy atom. The molecule has 0 aliphatic carbocycles. The molecule has 3 N–H and O–H groups in total. The summed E-state index contributed by atoms with van der Waals surface area (Å²) in [5.74, 6) is 0.255. The second kappa shape index (κ2) is 9.67. The van der Waals surface area contributed by atoms with Crippen LogP contribution < -0.4 is 16.0 Å². The van der Waals surface area contributed by atoms with Gasteiger partial charge in [0.1, 0.15) is 12.2 Å². The van der Waals surface area contributed by atoms with E-state index in [-0.39, 0.29) is 30.2 Å². The Labute approximate surface area is 219 Å². The van der Waals surface area contributed by atoms with Crippen molar-refractivity contribution >= 4 is 32.4 Å². The summed E-state index contributed by atoms with van der Waals surface area (Å²) >= 11 is 0. The van der Waals surface area contributed by atoms with Gasteiger partial charge in [-0.25, -0.2) is 13.4 Å². The summed E-state index contributed by atoms with van der Waals surface area (Å²) in [7, 11) is -3.25. The van der Waals surface area contributed by atoms with Gasteiger partial charge in [0.05, 0.1) is 16.0 Å². The van der Waals surface area contributed by atoms with Crippen molar-refractivity contribution in [1.29, 1.82) is 0 Å². The Balaban J connectivity index is 1.63. The molecule has 4 rings (SSSR count). The predicted molar refractivity (Wildman–Crippen MR) is 141 cm³/mol. The smallest absolute Gasteiger partial charge is 0.402 e. The Morgan fingerprint density at radius 3 is 2.50 bits per heavy atom. The molecule has 0 saturated carbocycles. The van der Waals surface area contributed by atoms with Crippen LogP contribution in [0, 0.1) is 6.92 Å². The maximum atomic E-state index is 12.8. The fraction of sp³-hybridized carbons (Fsp3) is 0.560. The van der Waals surface area contributed by atoms with Crippen molar-refractivity contribution in [2.45, 2.75) is 63.9 Å². The average molecular weight is 555 g/mol. The van der Waals surface area contributed by atoms with Crippen LogP contribution >= 0.6 is 0 Å². The van der Waals surface area contributed by atoms with Gasteiger partial charge >= 0.3 is 12.2 Å². The molecule has 0 bridgehead atoms. The molecular formula is C25H33F3N6O3S. The number of sulfone groups is 1. The molecule has 3 heterocycles. The summed E-state index contributed by atoms with van der Waals surface area (Å²) in [6.07, 6.45) is -4.34. The second-order valence-corrected chi connectivity index (χ2v) is 13.9. The maximum Gasteiger partial charge on any atom is 0.405 e. The van der Waals surface area contributed by atoms with Gasteiger partial charge in [-0.3, -0.25) is 0 Å². The van der Waals surface area contributed by atoms with Crippen molar-refractivity contribution in [3.63, 3.8) is 0 Å². The number of pyridine rings is 1. The number of aromatic nitrogens is 3. The molecule has 3 aromatic rings. The third-order valence-electron chi connectivity index (χ3n) is 6.93. The number of nitrogens with one attached hydrogen (secondary N) is 3. The lowest BCUT2D eigenvalue weighted by molar-refractivity contribution is -0.115. The molecule has 0 unspecified atom stereocenters. The highest BCUT2D eigenvalue weighted by Crippen LogP contribution is 2.35. The monoisotopic (exact) mass is 554 g/mol. The lowest BCUT2D eigenvalue weighted by Gasteiger charge is -2.38. The van der Waals surface area contributed by atoms with Crippen LogP contribution in [0.1, 0.15) is 45.7 Å². The fourth-order valence-electron chi connectivity index (χ4n) is 4.48. The van der Waals surface area contributed by atoms with E-state index in [2.05, 4.69) is 26.1 Å². The zero-order chi connectivity index (χ0) is 28.1. The lowest BCUT2D eigenvalue weighted by atomic mass is 9.84. The minimum atomic E-state index is -4.34.